The Morgan fingerprint density at radius 3 is 2.24 bits per heavy atom. The molecule has 0 spiro atoms. The van der Waals surface area contributed by atoms with Gasteiger partial charge in [-0.3, -0.25) is 0 Å². The van der Waals surface area contributed by atoms with Crippen molar-refractivity contribution in [2.45, 2.75) is 12.6 Å². The summed E-state index contributed by atoms with van der Waals surface area (Å²) in [4.78, 5) is 10.8. The van der Waals surface area contributed by atoms with Gasteiger partial charge in [-0.1, -0.05) is 24.3 Å². The zero-order valence-corrected chi connectivity index (χ0v) is 11.5. The lowest BCUT2D eigenvalue weighted by Crippen LogP contribution is -2.20. The van der Waals surface area contributed by atoms with Crippen molar-refractivity contribution in [3.05, 3.63) is 65.2 Å². The van der Waals surface area contributed by atoms with Crippen LogP contribution in [0.4, 0.5) is 0 Å². The van der Waals surface area contributed by atoms with Gasteiger partial charge in [-0.2, -0.15) is 0 Å². The van der Waals surface area contributed by atoms with Gasteiger partial charge in [0.25, 0.3) is 0 Å². The van der Waals surface area contributed by atoms with E-state index in [1.807, 2.05) is 24.3 Å². The van der Waals surface area contributed by atoms with Crippen molar-refractivity contribution in [3.63, 3.8) is 0 Å². The number of nitrogens with two attached hydrogens (primary N) is 2. The molecule has 0 saturated carbocycles. The maximum absolute atomic E-state index is 10.8. The first-order chi connectivity index (χ1) is 10.1. The molecular formula is C16H18N2O3. The highest BCUT2D eigenvalue weighted by Gasteiger charge is 2.04. The molecule has 0 fully saturated rings. The molecule has 1 atom stereocenters. The predicted molar refractivity (Wildman–Crippen MR) is 80.2 cm³/mol. The van der Waals surface area contributed by atoms with Crippen LogP contribution < -0.4 is 16.2 Å². The predicted octanol–water partition coefficient (Wildman–Crippen LogP) is 1.92. The van der Waals surface area contributed by atoms with Gasteiger partial charge in [-0.25, -0.2) is 4.79 Å². The number of carboxylic acids is 1. The van der Waals surface area contributed by atoms with E-state index in [2.05, 4.69) is 0 Å². The minimum absolute atomic E-state index is 0.164. The van der Waals surface area contributed by atoms with Gasteiger partial charge >= 0.3 is 5.97 Å². The first-order valence-electron chi connectivity index (χ1n) is 6.61. The van der Waals surface area contributed by atoms with Crippen LogP contribution in [0.3, 0.4) is 0 Å². The third kappa shape index (κ3) is 4.05. The summed E-state index contributed by atoms with van der Waals surface area (Å²) in [5.74, 6) is -0.209. The summed E-state index contributed by atoms with van der Waals surface area (Å²) < 4.78 is 5.64. The first-order valence-corrected chi connectivity index (χ1v) is 6.61. The molecule has 2 aromatic carbocycles. The average Bonchev–Trinajstić information content (AvgIpc) is 2.53. The fourth-order valence-corrected chi connectivity index (χ4v) is 1.86. The van der Waals surface area contributed by atoms with Gasteiger partial charge in [0.2, 0.25) is 0 Å². The summed E-state index contributed by atoms with van der Waals surface area (Å²) in [5.41, 5.74) is 13.5. The Balaban J connectivity index is 1.95. The molecular weight excluding hydrogens is 268 g/mol. The van der Waals surface area contributed by atoms with Crippen molar-refractivity contribution in [2.24, 2.45) is 11.5 Å². The van der Waals surface area contributed by atoms with E-state index in [0.29, 0.717) is 13.2 Å². The second-order valence-electron chi connectivity index (χ2n) is 4.70. The van der Waals surface area contributed by atoms with E-state index in [1.165, 1.54) is 0 Å². The summed E-state index contributed by atoms with van der Waals surface area (Å²) in [6.45, 7) is 0.776. The number of benzene rings is 2. The average molecular weight is 286 g/mol. The minimum atomic E-state index is -0.936. The number of hydrogen-bond donors (Lipinski definition) is 3. The zero-order valence-electron chi connectivity index (χ0n) is 11.5. The molecule has 5 N–H and O–H groups in total. The Labute approximate surface area is 123 Å². The van der Waals surface area contributed by atoms with Gasteiger partial charge in [0.05, 0.1) is 5.56 Å². The van der Waals surface area contributed by atoms with Crippen molar-refractivity contribution in [2.75, 3.05) is 6.54 Å². The van der Waals surface area contributed by atoms with E-state index in [1.54, 1.807) is 24.3 Å². The maximum Gasteiger partial charge on any atom is 0.335 e. The zero-order chi connectivity index (χ0) is 15.2. The monoisotopic (exact) mass is 286 g/mol. The van der Waals surface area contributed by atoms with Crippen molar-refractivity contribution in [1.82, 2.24) is 0 Å². The standard InChI is InChI=1S/C16H18N2O3/c17-9-15(18)12-5-7-14(8-6-12)21-10-11-1-3-13(4-2-11)16(19)20/h1-8,15H,9-10,17-18H2,(H,19,20). The molecule has 0 aromatic heterocycles. The molecule has 5 heteroatoms. The van der Waals surface area contributed by atoms with Crippen LogP contribution in [-0.4, -0.2) is 17.6 Å². The molecule has 110 valence electrons. The fourth-order valence-electron chi connectivity index (χ4n) is 1.86. The summed E-state index contributed by atoms with van der Waals surface area (Å²) in [6, 6.07) is 13.9. The number of hydrogen-bond acceptors (Lipinski definition) is 4. The van der Waals surface area contributed by atoms with E-state index in [4.69, 9.17) is 21.3 Å². The van der Waals surface area contributed by atoms with E-state index in [0.717, 1.165) is 16.9 Å². The highest BCUT2D eigenvalue weighted by Crippen LogP contribution is 2.17. The molecule has 0 saturated heterocycles. The SMILES string of the molecule is NCC(N)c1ccc(OCc2ccc(C(=O)O)cc2)cc1. The second-order valence-corrected chi connectivity index (χ2v) is 4.70. The van der Waals surface area contributed by atoms with Crippen LogP contribution in [-0.2, 0) is 6.61 Å². The molecule has 0 aliphatic heterocycles. The molecule has 0 bridgehead atoms. The Bertz CT molecular complexity index is 594. The molecule has 0 radical (unpaired) electrons. The Morgan fingerprint density at radius 1 is 1.10 bits per heavy atom. The maximum atomic E-state index is 10.8. The Kier molecular flexibility index (Phi) is 4.92. The Morgan fingerprint density at radius 2 is 1.71 bits per heavy atom. The molecule has 0 aliphatic carbocycles. The molecule has 0 amide bonds. The van der Waals surface area contributed by atoms with Crippen LogP contribution in [0, 0.1) is 0 Å². The smallest absolute Gasteiger partial charge is 0.335 e. The minimum Gasteiger partial charge on any atom is -0.489 e. The van der Waals surface area contributed by atoms with Gasteiger partial charge < -0.3 is 21.3 Å². The van der Waals surface area contributed by atoms with E-state index in [9.17, 15) is 4.79 Å². The van der Waals surface area contributed by atoms with Crippen LogP contribution in [0.2, 0.25) is 0 Å². The number of aromatic carboxylic acids is 1. The highest BCUT2D eigenvalue weighted by molar-refractivity contribution is 5.87. The van der Waals surface area contributed by atoms with E-state index >= 15 is 0 Å². The lowest BCUT2D eigenvalue weighted by molar-refractivity contribution is 0.0697. The van der Waals surface area contributed by atoms with E-state index < -0.39 is 5.97 Å². The highest BCUT2D eigenvalue weighted by atomic mass is 16.5. The number of ether oxygens (including phenoxy) is 1. The lowest BCUT2D eigenvalue weighted by Gasteiger charge is -2.11. The van der Waals surface area contributed by atoms with Crippen molar-refractivity contribution in [1.29, 1.82) is 0 Å². The molecule has 0 heterocycles. The largest absolute Gasteiger partial charge is 0.489 e. The molecule has 1 unspecified atom stereocenters. The topological polar surface area (TPSA) is 98.6 Å². The van der Waals surface area contributed by atoms with Gasteiger partial charge in [0.1, 0.15) is 12.4 Å². The van der Waals surface area contributed by atoms with Gasteiger partial charge in [0.15, 0.2) is 0 Å². The summed E-state index contributed by atoms with van der Waals surface area (Å²) in [5, 5.41) is 8.82. The normalized spacial score (nSPS) is 11.9. The molecule has 5 nitrogen and oxygen atoms in total. The number of rotatable bonds is 6. The molecule has 21 heavy (non-hydrogen) atoms. The van der Waals surface area contributed by atoms with Crippen LogP contribution >= 0.6 is 0 Å². The lowest BCUT2D eigenvalue weighted by atomic mass is 10.1. The fraction of sp³-hybridized carbons (Fsp3) is 0.188. The third-order valence-electron chi connectivity index (χ3n) is 3.17. The first kappa shape index (κ1) is 15.0. The van der Waals surface area contributed by atoms with Crippen LogP contribution in [0.15, 0.2) is 48.5 Å². The van der Waals surface area contributed by atoms with Crippen molar-refractivity contribution >= 4 is 5.97 Å². The second kappa shape index (κ2) is 6.88. The van der Waals surface area contributed by atoms with E-state index in [-0.39, 0.29) is 11.6 Å². The Hall–Kier alpha value is -2.37. The van der Waals surface area contributed by atoms with Gasteiger partial charge in [0, 0.05) is 12.6 Å². The van der Waals surface area contributed by atoms with Gasteiger partial charge in [-0.15, -0.1) is 0 Å². The summed E-state index contributed by atoms with van der Waals surface area (Å²) in [6.07, 6.45) is 0. The number of carboxylic acid groups (broad SMARTS) is 1. The van der Waals surface area contributed by atoms with Gasteiger partial charge in [-0.05, 0) is 35.4 Å². The quantitative estimate of drug-likeness (QED) is 0.753. The van der Waals surface area contributed by atoms with Crippen LogP contribution in [0.25, 0.3) is 0 Å². The third-order valence-corrected chi connectivity index (χ3v) is 3.17. The van der Waals surface area contributed by atoms with Crippen LogP contribution in [0.5, 0.6) is 5.75 Å². The molecule has 2 aromatic rings. The summed E-state index contributed by atoms with van der Waals surface area (Å²) >= 11 is 0. The molecule has 2 rings (SSSR count). The number of carbonyl (C=O) groups is 1. The van der Waals surface area contributed by atoms with Crippen molar-refractivity contribution < 1.29 is 14.6 Å². The van der Waals surface area contributed by atoms with Crippen molar-refractivity contribution in [3.8, 4) is 5.75 Å². The molecule has 0 aliphatic rings. The van der Waals surface area contributed by atoms with Crippen LogP contribution in [0.1, 0.15) is 27.5 Å². The summed E-state index contributed by atoms with van der Waals surface area (Å²) in [7, 11) is 0.